The van der Waals surface area contributed by atoms with Crippen LogP contribution in [0, 0.1) is 0 Å². The average Bonchev–Trinajstić information content (AvgIpc) is 2.14. The van der Waals surface area contributed by atoms with Gasteiger partial charge in [0, 0.05) is 32.6 Å². The van der Waals surface area contributed by atoms with Gasteiger partial charge >= 0.3 is 0 Å². The van der Waals surface area contributed by atoms with E-state index in [1.807, 2.05) is 14.1 Å². The quantitative estimate of drug-likeness (QED) is 0.431. The molecule has 1 heterocycles. The minimum Gasteiger partial charge on any atom is -0.383 e. The fourth-order valence-electron chi connectivity index (χ4n) is 0.774. The molecule has 0 radical (unpaired) electrons. The van der Waals surface area contributed by atoms with Crippen LogP contribution in [0.1, 0.15) is 10.5 Å². The molecule has 0 bridgehead atoms. The van der Waals surface area contributed by atoms with Crippen molar-refractivity contribution in [2.45, 2.75) is 0 Å². The summed E-state index contributed by atoms with van der Waals surface area (Å²) in [5.74, 6) is -0.192. The highest BCUT2D eigenvalue weighted by Crippen LogP contribution is 2.02. The molecule has 1 rings (SSSR count). The molecule has 0 amide bonds. The zero-order chi connectivity index (χ0) is 10.6. The number of allylic oxidation sites excluding steroid dienone is 1. The summed E-state index contributed by atoms with van der Waals surface area (Å²) in [4.78, 5) is 20.7. The van der Waals surface area contributed by atoms with Crippen LogP contribution in [0.15, 0.2) is 24.5 Å². The van der Waals surface area contributed by atoms with Gasteiger partial charge in [0.15, 0.2) is 0 Å². The molecule has 0 unspecified atom stereocenters. The van der Waals surface area contributed by atoms with Crippen LogP contribution in [0.2, 0.25) is 5.28 Å². The molecule has 1 aromatic rings. The number of nitrogens with zero attached hydrogens (tertiary/aromatic N) is 3. The summed E-state index contributed by atoms with van der Waals surface area (Å²) in [6.45, 7) is 0. The predicted octanol–water partition coefficient (Wildman–Crippen LogP) is 1.39. The number of rotatable bonds is 3. The third kappa shape index (κ3) is 3.14. The van der Waals surface area contributed by atoms with Gasteiger partial charge in [-0.3, -0.25) is 4.79 Å². The maximum atomic E-state index is 11.4. The molecule has 0 saturated heterocycles. The van der Waals surface area contributed by atoms with E-state index < -0.39 is 0 Å². The zero-order valence-electron chi connectivity index (χ0n) is 7.94. The average molecular weight is 212 g/mol. The van der Waals surface area contributed by atoms with Crippen LogP contribution < -0.4 is 0 Å². The van der Waals surface area contributed by atoms with Crippen molar-refractivity contribution in [3.63, 3.8) is 0 Å². The lowest BCUT2D eigenvalue weighted by Gasteiger charge is -2.02. The Labute approximate surface area is 87.2 Å². The maximum absolute atomic E-state index is 11.4. The Balaban J connectivity index is 2.80. The van der Waals surface area contributed by atoms with E-state index in [0.717, 1.165) is 0 Å². The van der Waals surface area contributed by atoms with Crippen LogP contribution in [0.4, 0.5) is 0 Å². The van der Waals surface area contributed by atoms with Gasteiger partial charge in [-0.25, -0.2) is 9.97 Å². The highest BCUT2D eigenvalue weighted by molar-refractivity contribution is 6.28. The van der Waals surface area contributed by atoms with Crippen molar-refractivity contribution >= 4 is 17.4 Å². The monoisotopic (exact) mass is 211 g/mol. The number of hydrogen-bond acceptors (Lipinski definition) is 4. The van der Waals surface area contributed by atoms with Crippen LogP contribution in [0.5, 0.6) is 0 Å². The highest BCUT2D eigenvalue weighted by atomic mass is 35.5. The highest BCUT2D eigenvalue weighted by Gasteiger charge is 2.03. The Hall–Kier alpha value is -1.42. The van der Waals surface area contributed by atoms with Crippen LogP contribution in [0.25, 0.3) is 0 Å². The van der Waals surface area contributed by atoms with E-state index in [2.05, 4.69) is 9.97 Å². The van der Waals surface area contributed by atoms with E-state index in [9.17, 15) is 4.79 Å². The molecule has 74 valence electrons. The molecule has 0 N–H and O–H groups in total. The number of carbonyl (C=O) groups is 1. The van der Waals surface area contributed by atoms with Gasteiger partial charge in [-0.15, -0.1) is 0 Å². The number of hydrogen-bond donors (Lipinski definition) is 0. The summed E-state index contributed by atoms with van der Waals surface area (Å²) in [5.41, 5.74) is 0.295. The van der Waals surface area contributed by atoms with E-state index in [1.54, 1.807) is 11.1 Å². The van der Waals surface area contributed by atoms with Gasteiger partial charge < -0.3 is 4.90 Å². The van der Waals surface area contributed by atoms with E-state index in [4.69, 9.17) is 11.6 Å². The van der Waals surface area contributed by atoms with Crippen molar-refractivity contribution in [1.82, 2.24) is 14.9 Å². The van der Waals surface area contributed by atoms with Crippen molar-refractivity contribution in [3.05, 3.63) is 35.5 Å². The summed E-state index contributed by atoms with van der Waals surface area (Å²) < 4.78 is 0. The second-order valence-electron chi connectivity index (χ2n) is 2.85. The van der Waals surface area contributed by atoms with Gasteiger partial charge in [-0.2, -0.15) is 0 Å². The molecule has 0 aliphatic rings. The summed E-state index contributed by atoms with van der Waals surface area (Å²) in [7, 11) is 3.66. The van der Waals surface area contributed by atoms with Crippen LogP contribution >= 0.6 is 11.6 Å². The number of aromatic nitrogens is 2. The lowest BCUT2D eigenvalue weighted by atomic mass is 10.3. The van der Waals surface area contributed by atoms with Gasteiger partial charge in [-0.1, -0.05) is 0 Å². The van der Waals surface area contributed by atoms with Crippen LogP contribution in [0.3, 0.4) is 0 Å². The zero-order valence-corrected chi connectivity index (χ0v) is 8.69. The van der Waals surface area contributed by atoms with Crippen molar-refractivity contribution in [2.24, 2.45) is 0 Å². The Morgan fingerprint density at radius 3 is 2.86 bits per heavy atom. The van der Waals surface area contributed by atoms with Crippen LogP contribution in [-0.4, -0.2) is 34.7 Å². The number of ketones is 1. The van der Waals surface area contributed by atoms with E-state index in [-0.39, 0.29) is 11.1 Å². The normalized spacial score (nSPS) is 10.5. The minimum atomic E-state index is -0.192. The number of halogens is 1. The molecule has 14 heavy (non-hydrogen) atoms. The fraction of sp³-hybridized carbons (Fsp3) is 0.222. The first-order chi connectivity index (χ1) is 6.59. The lowest BCUT2D eigenvalue weighted by Crippen LogP contribution is -2.04. The molecular formula is C9H10ClN3O. The first-order valence-corrected chi connectivity index (χ1v) is 4.35. The molecule has 0 saturated carbocycles. The fourth-order valence-corrected chi connectivity index (χ4v) is 0.922. The summed E-state index contributed by atoms with van der Waals surface area (Å²) in [6, 6.07) is 1.52. The van der Waals surface area contributed by atoms with E-state index in [1.165, 1.54) is 18.3 Å². The Kier molecular flexibility index (Phi) is 3.59. The first kappa shape index (κ1) is 10.7. The van der Waals surface area contributed by atoms with E-state index >= 15 is 0 Å². The van der Waals surface area contributed by atoms with Gasteiger partial charge in [-0.05, 0) is 17.7 Å². The maximum Gasteiger partial charge on any atom is 0.222 e. The van der Waals surface area contributed by atoms with Crippen molar-refractivity contribution in [3.8, 4) is 0 Å². The summed E-state index contributed by atoms with van der Waals surface area (Å²) >= 11 is 5.54. The Bertz CT molecular complexity index is 363. The second kappa shape index (κ2) is 4.72. The predicted molar refractivity (Wildman–Crippen MR) is 54.2 cm³/mol. The van der Waals surface area contributed by atoms with Gasteiger partial charge in [0.25, 0.3) is 0 Å². The van der Waals surface area contributed by atoms with E-state index in [0.29, 0.717) is 5.69 Å². The lowest BCUT2D eigenvalue weighted by molar-refractivity contribution is 0.104. The minimum absolute atomic E-state index is 0.0779. The molecular weight excluding hydrogens is 202 g/mol. The van der Waals surface area contributed by atoms with Gasteiger partial charge in [0.2, 0.25) is 11.1 Å². The Morgan fingerprint density at radius 2 is 2.29 bits per heavy atom. The SMILES string of the molecule is CN(C)C=CC(=O)c1ccnc(Cl)n1. The molecule has 4 nitrogen and oxygen atoms in total. The van der Waals surface area contributed by atoms with Crippen molar-refractivity contribution in [1.29, 1.82) is 0 Å². The third-order valence-corrected chi connectivity index (χ3v) is 1.58. The topological polar surface area (TPSA) is 46.1 Å². The molecule has 1 aromatic heterocycles. The molecule has 0 atom stereocenters. The first-order valence-electron chi connectivity index (χ1n) is 3.97. The molecule has 0 aliphatic heterocycles. The molecule has 0 fully saturated rings. The molecule has 0 aliphatic carbocycles. The smallest absolute Gasteiger partial charge is 0.222 e. The Morgan fingerprint density at radius 1 is 1.57 bits per heavy atom. The summed E-state index contributed by atoms with van der Waals surface area (Å²) in [5, 5.41) is 0.0779. The molecule has 0 aromatic carbocycles. The summed E-state index contributed by atoms with van der Waals surface area (Å²) in [6.07, 6.45) is 4.53. The van der Waals surface area contributed by atoms with Crippen LogP contribution in [-0.2, 0) is 0 Å². The van der Waals surface area contributed by atoms with Gasteiger partial charge in [0.05, 0.1) is 0 Å². The molecule has 5 heteroatoms. The van der Waals surface area contributed by atoms with Gasteiger partial charge in [0.1, 0.15) is 5.69 Å². The largest absolute Gasteiger partial charge is 0.383 e. The number of carbonyl (C=O) groups excluding carboxylic acids is 1. The van der Waals surface area contributed by atoms with Crippen molar-refractivity contribution in [2.75, 3.05) is 14.1 Å². The second-order valence-corrected chi connectivity index (χ2v) is 3.19. The third-order valence-electron chi connectivity index (χ3n) is 1.40. The molecule has 0 spiro atoms. The standard InChI is InChI=1S/C9H10ClN3O/c1-13(2)6-4-8(14)7-3-5-11-9(10)12-7/h3-6H,1-2H3. The van der Waals surface area contributed by atoms with Crippen molar-refractivity contribution < 1.29 is 4.79 Å².